The van der Waals surface area contributed by atoms with E-state index >= 15 is 0 Å². The van der Waals surface area contributed by atoms with Crippen LogP contribution in [0.3, 0.4) is 0 Å². The Kier molecular flexibility index (Phi) is 5.53. The minimum absolute atomic E-state index is 0.0819. The van der Waals surface area contributed by atoms with E-state index in [0.29, 0.717) is 12.5 Å². The fourth-order valence-corrected chi connectivity index (χ4v) is 1.92. The third kappa shape index (κ3) is 3.97. The SMILES string of the molecule is CCC(CBr)COc1ccc(C(C)=O)cc1. The van der Waals surface area contributed by atoms with Gasteiger partial charge in [-0.1, -0.05) is 22.9 Å². The van der Waals surface area contributed by atoms with Gasteiger partial charge < -0.3 is 4.74 Å². The van der Waals surface area contributed by atoms with E-state index in [1.807, 2.05) is 12.1 Å². The number of hydrogen-bond donors (Lipinski definition) is 0. The molecule has 88 valence electrons. The summed E-state index contributed by atoms with van der Waals surface area (Å²) < 4.78 is 5.64. The van der Waals surface area contributed by atoms with Crippen molar-refractivity contribution in [2.24, 2.45) is 5.92 Å². The third-order valence-corrected chi connectivity index (χ3v) is 3.46. The van der Waals surface area contributed by atoms with E-state index in [0.717, 1.165) is 23.1 Å². The minimum atomic E-state index is 0.0819. The Balaban J connectivity index is 2.52. The summed E-state index contributed by atoms with van der Waals surface area (Å²) in [5, 5.41) is 0.953. The molecule has 3 heteroatoms. The molecule has 0 aliphatic heterocycles. The Morgan fingerprint density at radius 2 is 2.00 bits per heavy atom. The van der Waals surface area contributed by atoms with Gasteiger partial charge in [-0.05, 0) is 37.6 Å². The second-order valence-corrected chi connectivity index (χ2v) is 4.47. The molecule has 2 nitrogen and oxygen atoms in total. The molecule has 1 atom stereocenters. The van der Waals surface area contributed by atoms with Gasteiger partial charge in [0, 0.05) is 16.8 Å². The highest BCUT2D eigenvalue weighted by Crippen LogP contribution is 2.15. The Morgan fingerprint density at radius 3 is 2.44 bits per heavy atom. The van der Waals surface area contributed by atoms with Gasteiger partial charge in [0.1, 0.15) is 5.75 Å². The van der Waals surface area contributed by atoms with Crippen molar-refractivity contribution >= 4 is 21.7 Å². The summed E-state index contributed by atoms with van der Waals surface area (Å²) in [6, 6.07) is 7.29. The molecule has 1 rings (SSSR count). The molecule has 0 radical (unpaired) electrons. The number of ketones is 1. The van der Waals surface area contributed by atoms with Crippen LogP contribution in [0.4, 0.5) is 0 Å². The molecule has 0 amide bonds. The van der Waals surface area contributed by atoms with Crippen molar-refractivity contribution in [2.45, 2.75) is 20.3 Å². The fraction of sp³-hybridized carbons (Fsp3) is 0.462. The maximum absolute atomic E-state index is 11.1. The van der Waals surface area contributed by atoms with Crippen LogP contribution in [0, 0.1) is 5.92 Å². The molecule has 0 spiro atoms. The summed E-state index contributed by atoms with van der Waals surface area (Å²) in [5.41, 5.74) is 0.722. The Hall–Kier alpha value is -0.830. The predicted molar refractivity (Wildman–Crippen MR) is 69.5 cm³/mol. The molecule has 1 aromatic carbocycles. The molecule has 16 heavy (non-hydrogen) atoms. The number of halogens is 1. The average molecular weight is 285 g/mol. The number of ether oxygens (including phenoxy) is 1. The zero-order valence-corrected chi connectivity index (χ0v) is 11.3. The van der Waals surface area contributed by atoms with E-state index in [-0.39, 0.29) is 5.78 Å². The number of hydrogen-bond acceptors (Lipinski definition) is 2. The highest BCUT2D eigenvalue weighted by atomic mass is 79.9. The zero-order chi connectivity index (χ0) is 12.0. The Morgan fingerprint density at radius 1 is 1.38 bits per heavy atom. The molecule has 1 aromatic rings. The maximum Gasteiger partial charge on any atom is 0.159 e. The first-order valence-corrected chi connectivity index (χ1v) is 6.59. The quantitative estimate of drug-likeness (QED) is 0.588. The number of carbonyl (C=O) groups is 1. The van der Waals surface area contributed by atoms with Crippen molar-refractivity contribution in [1.29, 1.82) is 0 Å². The lowest BCUT2D eigenvalue weighted by molar-refractivity contribution is 0.101. The van der Waals surface area contributed by atoms with E-state index in [1.165, 1.54) is 0 Å². The smallest absolute Gasteiger partial charge is 0.159 e. The molecule has 0 aliphatic carbocycles. The molecular weight excluding hydrogens is 268 g/mol. The normalized spacial score (nSPS) is 12.2. The summed E-state index contributed by atoms with van der Waals surface area (Å²) >= 11 is 3.46. The largest absolute Gasteiger partial charge is 0.493 e. The summed E-state index contributed by atoms with van der Waals surface area (Å²) in [7, 11) is 0. The summed E-state index contributed by atoms with van der Waals surface area (Å²) in [6.45, 7) is 4.42. The topological polar surface area (TPSA) is 26.3 Å². The summed E-state index contributed by atoms with van der Waals surface area (Å²) in [4.78, 5) is 11.1. The van der Waals surface area contributed by atoms with Crippen LogP contribution in [0.1, 0.15) is 30.6 Å². The standard InChI is InChI=1S/C13H17BrO2/c1-3-11(8-14)9-16-13-6-4-12(5-7-13)10(2)15/h4-7,11H,3,8-9H2,1-2H3. The van der Waals surface area contributed by atoms with Gasteiger partial charge >= 0.3 is 0 Å². The van der Waals surface area contributed by atoms with E-state index < -0.39 is 0 Å². The predicted octanol–water partition coefficient (Wildman–Crippen LogP) is 3.69. The fourth-order valence-electron chi connectivity index (χ4n) is 1.27. The van der Waals surface area contributed by atoms with Gasteiger partial charge in [0.25, 0.3) is 0 Å². The van der Waals surface area contributed by atoms with Crippen LogP contribution in [0.25, 0.3) is 0 Å². The lowest BCUT2D eigenvalue weighted by Gasteiger charge is -2.13. The van der Waals surface area contributed by atoms with Crippen molar-refractivity contribution in [3.05, 3.63) is 29.8 Å². The molecular formula is C13H17BrO2. The second-order valence-electron chi connectivity index (χ2n) is 3.82. The highest BCUT2D eigenvalue weighted by Gasteiger charge is 2.05. The van der Waals surface area contributed by atoms with E-state index in [1.54, 1.807) is 19.1 Å². The number of Topliss-reactive ketones (excluding diaryl/α,β-unsaturated/α-hetero) is 1. The van der Waals surface area contributed by atoms with Gasteiger partial charge in [0.05, 0.1) is 6.61 Å². The van der Waals surface area contributed by atoms with Gasteiger partial charge in [-0.15, -0.1) is 0 Å². The molecule has 0 aromatic heterocycles. The number of alkyl halides is 1. The van der Waals surface area contributed by atoms with Gasteiger partial charge in [-0.2, -0.15) is 0 Å². The molecule has 1 unspecified atom stereocenters. The van der Waals surface area contributed by atoms with Crippen molar-refractivity contribution in [2.75, 3.05) is 11.9 Å². The first-order chi connectivity index (χ1) is 7.67. The molecule has 0 fully saturated rings. The monoisotopic (exact) mass is 284 g/mol. The highest BCUT2D eigenvalue weighted by molar-refractivity contribution is 9.09. The van der Waals surface area contributed by atoms with Crippen molar-refractivity contribution in [3.63, 3.8) is 0 Å². The molecule has 0 aliphatic rings. The van der Waals surface area contributed by atoms with Gasteiger partial charge in [0.15, 0.2) is 5.78 Å². The second kappa shape index (κ2) is 6.69. The molecule has 0 N–H and O–H groups in total. The van der Waals surface area contributed by atoms with Crippen LogP contribution in [0.5, 0.6) is 5.75 Å². The number of benzene rings is 1. The van der Waals surface area contributed by atoms with Crippen LogP contribution in [0.2, 0.25) is 0 Å². The summed E-state index contributed by atoms with van der Waals surface area (Å²) in [6.07, 6.45) is 1.09. The van der Waals surface area contributed by atoms with Gasteiger partial charge in [-0.3, -0.25) is 4.79 Å². The van der Waals surface area contributed by atoms with Crippen LogP contribution >= 0.6 is 15.9 Å². The van der Waals surface area contributed by atoms with Crippen LogP contribution in [-0.4, -0.2) is 17.7 Å². The number of rotatable bonds is 6. The van der Waals surface area contributed by atoms with Gasteiger partial charge in [0.2, 0.25) is 0 Å². The minimum Gasteiger partial charge on any atom is -0.493 e. The average Bonchev–Trinajstić information content (AvgIpc) is 2.31. The zero-order valence-electron chi connectivity index (χ0n) is 9.70. The maximum atomic E-state index is 11.1. The Bertz CT molecular complexity index is 328. The van der Waals surface area contributed by atoms with E-state index in [2.05, 4.69) is 22.9 Å². The van der Waals surface area contributed by atoms with Crippen molar-refractivity contribution in [1.82, 2.24) is 0 Å². The van der Waals surface area contributed by atoms with Crippen molar-refractivity contribution in [3.8, 4) is 5.75 Å². The van der Waals surface area contributed by atoms with Gasteiger partial charge in [-0.25, -0.2) is 0 Å². The lowest BCUT2D eigenvalue weighted by atomic mass is 10.1. The Labute approximate surface area is 105 Å². The lowest BCUT2D eigenvalue weighted by Crippen LogP contribution is -2.12. The first kappa shape index (κ1) is 13.2. The van der Waals surface area contributed by atoms with E-state index in [9.17, 15) is 4.79 Å². The third-order valence-electron chi connectivity index (χ3n) is 2.54. The van der Waals surface area contributed by atoms with Crippen LogP contribution in [0.15, 0.2) is 24.3 Å². The number of carbonyl (C=O) groups excluding carboxylic acids is 1. The van der Waals surface area contributed by atoms with E-state index in [4.69, 9.17) is 4.74 Å². The first-order valence-electron chi connectivity index (χ1n) is 5.47. The summed E-state index contributed by atoms with van der Waals surface area (Å²) in [5.74, 6) is 1.44. The molecule has 0 bridgehead atoms. The van der Waals surface area contributed by atoms with Crippen molar-refractivity contribution < 1.29 is 9.53 Å². The molecule has 0 saturated carbocycles. The molecule has 0 saturated heterocycles. The van der Waals surface area contributed by atoms with Crippen LogP contribution in [-0.2, 0) is 0 Å². The van der Waals surface area contributed by atoms with Crippen LogP contribution < -0.4 is 4.74 Å². The molecule has 0 heterocycles.